The van der Waals surface area contributed by atoms with Gasteiger partial charge in [-0.1, -0.05) is 12.7 Å². The molecular weight excluding hydrogens is 418 g/mol. The van der Waals surface area contributed by atoms with Gasteiger partial charge in [-0.15, -0.1) is 0 Å². The number of allylic oxidation sites excluding steroid dienone is 3. The number of nitrogens with one attached hydrogen (secondary N) is 1. The van der Waals surface area contributed by atoms with Gasteiger partial charge >= 0.3 is 5.97 Å². The average molecular weight is 450 g/mol. The molecule has 3 rings (SSSR count). The molecule has 174 valence electrons. The Morgan fingerprint density at radius 2 is 2.06 bits per heavy atom. The molecule has 0 radical (unpaired) electrons. The second kappa shape index (κ2) is 11.2. The Bertz CT molecular complexity index is 1040. The number of ether oxygens (including phenoxy) is 3. The number of esters is 1. The van der Waals surface area contributed by atoms with Crippen molar-refractivity contribution >= 4 is 17.3 Å². The quantitative estimate of drug-likeness (QED) is 0.551. The summed E-state index contributed by atoms with van der Waals surface area (Å²) in [6.45, 7) is 7.28. The summed E-state index contributed by atoms with van der Waals surface area (Å²) in [6, 6.07) is 9.55. The molecule has 2 aromatic rings. The highest BCUT2D eigenvalue weighted by Gasteiger charge is 2.23. The minimum absolute atomic E-state index is 0.173. The lowest BCUT2D eigenvalue weighted by Gasteiger charge is -2.28. The first kappa shape index (κ1) is 23.9. The first-order valence-electron chi connectivity index (χ1n) is 10.8. The van der Waals surface area contributed by atoms with Crippen molar-refractivity contribution in [1.29, 1.82) is 0 Å². The van der Waals surface area contributed by atoms with E-state index in [0.29, 0.717) is 24.4 Å². The Morgan fingerprint density at radius 3 is 2.73 bits per heavy atom. The lowest BCUT2D eigenvalue weighted by molar-refractivity contribution is 0.0601. The number of pyridine rings is 1. The Balaban J connectivity index is 1.78. The van der Waals surface area contributed by atoms with Gasteiger partial charge in [0.1, 0.15) is 11.5 Å². The average Bonchev–Trinajstić information content (AvgIpc) is 2.86. The fourth-order valence-electron chi connectivity index (χ4n) is 3.71. The van der Waals surface area contributed by atoms with E-state index in [9.17, 15) is 4.79 Å². The van der Waals surface area contributed by atoms with Crippen LogP contribution >= 0.6 is 0 Å². The highest BCUT2D eigenvalue weighted by atomic mass is 16.5. The molecule has 0 unspecified atom stereocenters. The predicted molar refractivity (Wildman–Crippen MR) is 131 cm³/mol. The molecular formula is C26H31N3O4. The van der Waals surface area contributed by atoms with Crippen molar-refractivity contribution in [1.82, 2.24) is 4.98 Å². The lowest BCUT2D eigenvalue weighted by Crippen LogP contribution is -2.24. The predicted octanol–water partition coefficient (Wildman–Crippen LogP) is 4.81. The molecule has 1 aliphatic heterocycles. The van der Waals surface area contributed by atoms with E-state index >= 15 is 0 Å². The van der Waals surface area contributed by atoms with E-state index in [2.05, 4.69) is 21.8 Å². The monoisotopic (exact) mass is 449 g/mol. The summed E-state index contributed by atoms with van der Waals surface area (Å²) in [7, 11) is 5.04. The van der Waals surface area contributed by atoms with Gasteiger partial charge in [-0.25, -0.2) is 4.79 Å². The van der Waals surface area contributed by atoms with Crippen molar-refractivity contribution in [2.24, 2.45) is 5.92 Å². The number of rotatable bonds is 9. The maximum atomic E-state index is 12.0. The number of aromatic nitrogens is 1. The van der Waals surface area contributed by atoms with E-state index in [1.807, 2.05) is 50.4 Å². The molecule has 0 aliphatic carbocycles. The van der Waals surface area contributed by atoms with E-state index in [1.165, 1.54) is 7.11 Å². The summed E-state index contributed by atoms with van der Waals surface area (Å²) in [5.74, 6) is 1.40. The van der Waals surface area contributed by atoms with Gasteiger partial charge in [-0.2, -0.15) is 0 Å². The van der Waals surface area contributed by atoms with Crippen LogP contribution in [0.4, 0.5) is 11.4 Å². The number of hydrogen-bond acceptors (Lipinski definition) is 7. The van der Waals surface area contributed by atoms with E-state index in [-0.39, 0.29) is 5.92 Å². The largest absolute Gasteiger partial charge is 0.497 e. The first-order valence-corrected chi connectivity index (χ1v) is 10.8. The molecule has 0 saturated heterocycles. The number of carbonyl (C=O) groups excluding carboxylic acids is 1. The molecule has 1 N–H and O–H groups in total. The van der Waals surface area contributed by atoms with Crippen LogP contribution in [-0.4, -0.2) is 45.4 Å². The van der Waals surface area contributed by atoms with Gasteiger partial charge in [0.15, 0.2) is 0 Å². The third-order valence-corrected chi connectivity index (χ3v) is 5.76. The molecule has 0 saturated carbocycles. The number of carbonyl (C=O) groups is 1. The Morgan fingerprint density at radius 1 is 1.30 bits per heavy atom. The van der Waals surface area contributed by atoms with E-state index in [0.717, 1.165) is 34.9 Å². The summed E-state index contributed by atoms with van der Waals surface area (Å²) in [4.78, 5) is 18.3. The minimum Gasteiger partial charge on any atom is -0.497 e. The fourth-order valence-corrected chi connectivity index (χ4v) is 3.71. The Hall–Kier alpha value is -3.74. The molecule has 1 aromatic carbocycles. The third kappa shape index (κ3) is 5.74. The summed E-state index contributed by atoms with van der Waals surface area (Å²) in [6.07, 6.45) is 7.94. The zero-order valence-corrected chi connectivity index (χ0v) is 19.6. The van der Waals surface area contributed by atoms with Gasteiger partial charge in [0.2, 0.25) is 0 Å². The summed E-state index contributed by atoms with van der Waals surface area (Å²) >= 11 is 0. The highest BCUT2D eigenvalue weighted by molar-refractivity contribution is 5.95. The maximum Gasteiger partial charge on any atom is 0.340 e. The smallest absolute Gasteiger partial charge is 0.340 e. The van der Waals surface area contributed by atoms with Gasteiger partial charge in [0.05, 0.1) is 38.3 Å². The molecule has 0 bridgehead atoms. The van der Waals surface area contributed by atoms with Crippen LogP contribution in [0.2, 0.25) is 0 Å². The van der Waals surface area contributed by atoms with Crippen molar-refractivity contribution in [3.05, 3.63) is 84.0 Å². The van der Waals surface area contributed by atoms with Crippen molar-refractivity contribution in [2.45, 2.75) is 13.3 Å². The van der Waals surface area contributed by atoms with Gasteiger partial charge in [0.25, 0.3) is 0 Å². The molecule has 7 nitrogen and oxygen atoms in total. The standard InChI is InChI=1S/C26H31N3O4/c1-6-22-19(16-28-24-17-27-13-11-23(24)26(30)32-5)12-14-33-25(22)15-18(2)29(3)20-7-9-21(31-4)10-8-20/h6-11,13,15,17,19,28H,1,12,14,16H2,2-5H3/b18-15+/t19-/m0/s1. The number of nitrogens with zero attached hydrogens (tertiary/aromatic N) is 2. The zero-order chi connectivity index (χ0) is 23.8. The van der Waals surface area contributed by atoms with Gasteiger partial charge in [-0.3, -0.25) is 4.98 Å². The number of hydrogen-bond donors (Lipinski definition) is 1. The van der Waals surface area contributed by atoms with Crippen LogP contribution in [0.25, 0.3) is 0 Å². The van der Waals surface area contributed by atoms with Crippen LogP contribution in [0, 0.1) is 5.92 Å². The number of anilines is 2. The molecule has 1 atom stereocenters. The van der Waals surface area contributed by atoms with Crippen LogP contribution < -0.4 is 15.0 Å². The molecule has 1 aliphatic rings. The molecule has 7 heteroatoms. The van der Waals surface area contributed by atoms with Crippen molar-refractivity contribution < 1.29 is 19.0 Å². The summed E-state index contributed by atoms with van der Waals surface area (Å²) in [5, 5.41) is 3.35. The fraction of sp³-hybridized carbons (Fsp3) is 0.308. The van der Waals surface area contributed by atoms with Crippen LogP contribution in [0.3, 0.4) is 0 Å². The molecule has 0 fully saturated rings. The number of benzene rings is 1. The van der Waals surface area contributed by atoms with E-state index in [4.69, 9.17) is 14.2 Å². The summed E-state index contributed by atoms with van der Waals surface area (Å²) < 4.78 is 16.1. The zero-order valence-electron chi connectivity index (χ0n) is 19.6. The normalized spacial score (nSPS) is 16.0. The molecule has 0 amide bonds. The molecule has 1 aromatic heterocycles. The minimum atomic E-state index is -0.396. The lowest BCUT2D eigenvalue weighted by atomic mass is 9.92. The maximum absolute atomic E-state index is 12.0. The molecule has 0 spiro atoms. The highest BCUT2D eigenvalue weighted by Crippen LogP contribution is 2.30. The van der Waals surface area contributed by atoms with Crippen LogP contribution in [0.15, 0.2) is 78.5 Å². The third-order valence-electron chi connectivity index (χ3n) is 5.76. The van der Waals surface area contributed by atoms with Gasteiger partial charge in [-0.05, 0) is 55.3 Å². The van der Waals surface area contributed by atoms with Crippen molar-refractivity contribution in [3.8, 4) is 5.75 Å². The second-order valence-electron chi connectivity index (χ2n) is 7.69. The van der Waals surface area contributed by atoms with Crippen LogP contribution in [0.5, 0.6) is 5.75 Å². The topological polar surface area (TPSA) is 72.9 Å². The van der Waals surface area contributed by atoms with E-state index < -0.39 is 5.97 Å². The Labute approximate surface area is 195 Å². The van der Waals surface area contributed by atoms with E-state index in [1.54, 1.807) is 25.6 Å². The van der Waals surface area contributed by atoms with Crippen LogP contribution in [-0.2, 0) is 9.47 Å². The Kier molecular flexibility index (Phi) is 8.13. The second-order valence-corrected chi connectivity index (χ2v) is 7.69. The SMILES string of the molecule is C=CC1=C(/C=C(\C)N(C)c2ccc(OC)cc2)OCC[C@H]1CNc1cnccc1C(=O)OC. The molecule has 2 heterocycles. The van der Waals surface area contributed by atoms with Gasteiger partial charge < -0.3 is 24.4 Å². The van der Waals surface area contributed by atoms with Crippen LogP contribution in [0.1, 0.15) is 23.7 Å². The first-order chi connectivity index (χ1) is 16.0. The number of methoxy groups -OCH3 is 2. The van der Waals surface area contributed by atoms with Gasteiger partial charge in [0, 0.05) is 37.1 Å². The molecule has 33 heavy (non-hydrogen) atoms. The van der Waals surface area contributed by atoms with Crippen molar-refractivity contribution in [2.75, 3.05) is 44.6 Å². The van der Waals surface area contributed by atoms with Crippen molar-refractivity contribution in [3.63, 3.8) is 0 Å². The summed E-state index contributed by atoms with van der Waals surface area (Å²) in [5.41, 5.74) is 4.21.